The van der Waals surface area contributed by atoms with Gasteiger partial charge in [0.25, 0.3) is 5.91 Å². The monoisotopic (exact) mass is 443 g/mol. The predicted molar refractivity (Wildman–Crippen MR) is 118 cm³/mol. The molecular weight excluding hydrogens is 422 g/mol. The lowest BCUT2D eigenvalue weighted by molar-refractivity contribution is -0.124. The summed E-state index contributed by atoms with van der Waals surface area (Å²) in [7, 11) is 0. The first-order valence-corrected chi connectivity index (χ1v) is 10.6. The molecule has 30 heavy (non-hydrogen) atoms. The average molecular weight is 444 g/mol. The Hall–Kier alpha value is -2.84. The van der Waals surface area contributed by atoms with Crippen molar-refractivity contribution in [2.45, 2.75) is 38.8 Å². The van der Waals surface area contributed by atoms with E-state index in [1.165, 1.54) is 4.90 Å². The van der Waals surface area contributed by atoms with Crippen molar-refractivity contribution < 1.29 is 9.59 Å². The van der Waals surface area contributed by atoms with Crippen molar-refractivity contribution in [3.05, 3.63) is 70.5 Å². The summed E-state index contributed by atoms with van der Waals surface area (Å²) in [5, 5.41) is 9.05. The first-order chi connectivity index (χ1) is 14.3. The highest BCUT2D eigenvalue weighted by Crippen LogP contribution is 2.31. The van der Waals surface area contributed by atoms with Crippen LogP contribution in [0.4, 0.5) is 5.69 Å². The standard InChI is InChI=1S/C21H22ClN5O2S/c1-4-21(2,3)24-19(28)18(14-9-11-23-12-10-14)27(16-7-5-15(22)6-8-16)20(29)17-13-30-26-25-17/h5-13,18H,4H2,1-3H3,(H,24,28)/t18-/m1/s1. The molecule has 0 fully saturated rings. The van der Waals surface area contributed by atoms with Crippen molar-refractivity contribution in [2.24, 2.45) is 0 Å². The quantitative estimate of drug-likeness (QED) is 0.588. The highest BCUT2D eigenvalue weighted by atomic mass is 35.5. The van der Waals surface area contributed by atoms with Crippen LogP contribution < -0.4 is 10.2 Å². The molecule has 2 amide bonds. The molecular formula is C21H22ClN5O2S. The number of nitrogens with zero attached hydrogens (tertiary/aromatic N) is 4. The van der Waals surface area contributed by atoms with E-state index >= 15 is 0 Å². The molecule has 1 aromatic carbocycles. The number of carbonyl (C=O) groups is 2. The maximum absolute atomic E-state index is 13.5. The van der Waals surface area contributed by atoms with Crippen molar-refractivity contribution in [3.63, 3.8) is 0 Å². The van der Waals surface area contributed by atoms with Gasteiger partial charge >= 0.3 is 0 Å². The van der Waals surface area contributed by atoms with Gasteiger partial charge in [-0.25, -0.2) is 0 Å². The molecule has 0 aliphatic rings. The summed E-state index contributed by atoms with van der Waals surface area (Å²) in [4.78, 5) is 32.4. The number of carbonyl (C=O) groups excluding carboxylic acids is 2. The number of anilines is 1. The van der Waals surface area contributed by atoms with Crippen LogP contribution in [0.1, 0.15) is 49.3 Å². The van der Waals surface area contributed by atoms with Crippen molar-refractivity contribution in [3.8, 4) is 0 Å². The molecule has 0 spiro atoms. The van der Waals surface area contributed by atoms with E-state index in [4.69, 9.17) is 11.6 Å². The maximum Gasteiger partial charge on any atom is 0.280 e. The largest absolute Gasteiger partial charge is 0.349 e. The zero-order valence-electron chi connectivity index (χ0n) is 16.9. The minimum atomic E-state index is -0.936. The highest BCUT2D eigenvalue weighted by molar-refractivity contribution is 7.03. The van der Waals surface area contributed by atoms with Gasteiger partial charge in [0.2, 0.25) is 5.91 Å². The highest BCUT2D eigenvalue weighted by Gasteiger charge is 2.36. The van der Waals surface area contributed by atoms with E-state index in [0.29, 0.717) is 16.3 Å². The Kier molecular flexibility index (Phi) is 6.79. The van der Waals surface area contributed by atoms with Crippen molar-refractivity contribution in [1.29, 1.82) is 0 Å². The van der Waals surface area contributed by atoms with Gasteiger partial charge in [-0.05, 0) is 73.8 Å². The molecule has 0 bridgehead atoms. The summed E-state index contributed by atoms with van der Waals surface area (Å²) < 4.78 is 3.80. The van der Waals surface area contributed by atoms with E-state index in [-0.39, 0.29) is 11.6 Å². The number of hydrogen-bond acceptors (Lipinski definition) is 6. The number of benzene rings is 1. The minimum absolute atomic E-state index is 0.163. The second-order valence-electron chi connectivity index (χ2n) is 7.35. The third kappa shape index (κ3) is 5.01. The molecule has 3 rings (SSSR count). The number of rotatable bonds is 7. The molecule has 0 radical (unpaired) electrons. The third-order valence-corrected chi connectivity index (χ3v) is 5.53. The zero-order valence-corrected chi connectivity index (χ0v) is 18.4. The fourth-order valence-electron chi connectivity index (χ4n) is 2.82. The SMILES string of the molecule is CCC(C)(C)NC(=O)[C@@H](c1ccncc1)N(C(=O)c1csnn1)c1ccc(Cl)cc1. The van der Waals surface area contributed by atoms with Crippen molar-refractivity contribution in [2.75, 3.05) is 4.90 Å². The van der Waals surface area contributed by atoms with Crippen molar-refractivity contribution in [1.82, 2.24) is 19.9 Å². The van der Waals surface area contributed by atoms with E-state index in [1.807, 2.05) is 20.8 Å². The maximum atomic E-state index is 13.5. The Labute approximate surface area is 184 Å². The molecule has 0 unspecified atom stereocenters. The Balaban J connectivity index is 2.14. The zero-order chi connectivity index (χ0) is 21.7. The number of hydrogen-bond donors (Lipinski definition) is 1. The van der Waals surface area contributed by atoms with E-state index in [9.17, 15) is 9.59 Å². The molecule has 9 heteroatoms. The molecule has 2 aromatic heterocycles. The minimum Gasteiger partial charge on any atom is -0.349 e. The summed E-state index contributed by atoms with van der Waals surface area (Å²) in [6.07, 6.45) is 3.91. The molecule has 1 N–H and O–H groups in total. The Morgan fingerprint density at radius 1 is 1.17 bits per heavy atom. The van der Waals surface area contributed by atoms with Crippen LogP contribution >= 0.6 is 23.1 Å². The molecule has 1 atom stereocenters. The van der Waals surface area contributed by atoms with E-state index in [2.05, 4.69) is 19.9 Å². The second kappa shape index (κ2) is 9.32. The van der Waals surface area contributed by atoms with Gasteiger partial charge in [0.05, 0.1) is 0 Å². The number of amides is 2. The average Bonchev–Trinajstić information content (AvgIpc) is 3.27. The topological polar surface area (TPSA) is 88.1 Å². The van der Waals surface area contributed by atoms with E-state index in [0.717, 1.165) is 18.0 Å². The molecule has 0 saturated heterocycles. The number of halogens is 1. The van der Waals surface area contributed by atoms with Crippen LogP contribution in [0.2, 0.25) is 5.02 Å². The van der Waals surface area contributed by atoms with Gasteiger partial charge in [0.15, 0.2) is 5.69 Å². The van der Waals surface area contributed by atoms with Gasteiger partial charge in [-0.2, -0.15) is 0 Å². The Bertz CT molecular complexity index is 994. The fraction of sp³-hybridized carbons (Fsp3) is 0.286. The van der Waals surface area contributed by atoms with Gasteiger partial charge in [0.1, 0.15) is 6.04 Å². The summed E-state index contributed by atoms with van der Waals surface area (Å²) in [5.74, 6) is -0.739. The Morgan fingerprint density at radius 2 is 1.83 bits per heavy atom. The van der Waals surface area contributed by atoms with E-state index < -0.39 is 17.5 Å². The van der Waals surface area contributed by atoms with Crippen LogP contribution in [0.25, 0.3) is 0 Å². The molecule has 3 aromatic rings. The molecule has 7 nitrogen and oxygen atoms in total. The van der Waals surface area contributed by atoms with E-state index in [1.54, 1.807) is 54.2 Å². The summed E-state index contributed by atoms with van der Waals surface area (Å²) >= 11 is 7.12. The summed E-state index contributed by atoms with van der Waals surface area (Å²) in [6, 6.07) is 9.26. The molecule has 0 aliphatic carbocycles. The lowest BCUT2D eigenvalue weighted by atomic mass is 9.98. The van der Waals surface area contributed by atoms with Gasteiger partial charge in [-0.1, -0.05) is 23.0 Å². The van der Waals surface area contributed by atoms with Gasteiger partial charge in [0, 0.05) is 34.0 Å². The fourth-order valence-corrected chi connectivity index (χ4v) is 3.38. The van der Waals surface area contributed by atoms with Crippen LogP contribution in [-0.2, 0) is 4.79 Å². The van der Waals surface area contributed by atoms with Gasteiger partial charge < -0.3 is 5.32 Å². The molecule has 0 saturated carbocycles. The van der Waals surface area contributed by atoms with Crippen LogP contribution in [0.15, 0.2) is 54.2 Å². The third-order valence-electron chi connectivity index (χ3n) is 4.78. The Morgan fingerprint density at radius 3 is 2.40 bits per heavy atom. The molecule has 0 aliphatic heterocycles. The van der Waals surface area contributed by atoms with Crippen LogP contribution in [0.5, 0.6) is 0 Å². The van der Waals surface area contributed by atoms with Crippen LogP contribution in [0, 0.1) is 0 Å². The molecule has 2 heterocycles. The van der Waals surface area contributed by atoms with Crippen molar-refractivity contribution >= 4 is 40.6 Å². The van der Waals surface area contributed by atoms with Crippen LogP contribution in [0.3, 0.4) is 0 Å². The second-order valence-corrected chi connectivity index (χ2v) is 8.40. The van der Waals surface area contributed by atoms with Crippen LogP contribution in [-0.4, -0.2) is 31.9 Å². The summed E-state index contributed by atoms with van der Waals surface area (Å²) in [6.45, 7) is 5.87. The normalized spacial score (nSPS) is 12.3. The van der Waals surface area contributed by atoms with Gasteiger partial charge in [-0.3, -0.25) is 19.5 Å². The van der Waals surface area contributed by atoms with Gasteiger partial charge in [-0.15, -0.1) is 5.10 Å². The summed E-state index contributed by atoms with van der Waals surface area (Å²) in [5.41, 5.74) is 0.861. The lowest BCUT2D eigenvalue weighted by Crippen LogP contribution is -2.50. The smallest absolute Gasteiger partial charge is 0.280 e. The lowest BCUT2D eigenvalue weighted by Gasteiger charge is -2.34. The first kappa shape index (κ1) is 21.9. The number of aromatic nitrogens is 3. The predicted octanol–water partition coefficient (Wildman–Crippen LogP) is 4.28. The number of nitrogens with one attached hydrogen (secondary N) is 1. The number of pyridine rings is 1. The first-order valence-electron chi connectivity index (χ1n) is 9.40. The molecule has 156 valence electrons.